The number of carbonyl (C=O) groups excluding carboxylic acids is 1. The van der Waals surface area contributed by atoms with Crippen molar-refractivity contribution in [2.75, 3.05) is 60.5 Å². The molecule has 3 aliphatic rings. The second kappa shape index (κ2) is 10.3. The molecule has 2 fully saturated rings. The third-order valence-electron chi connectivity index (χ3n) is 8.33. The van der Waals surface area contributed by atoms with Crippen molar-refractivity contribution in [3.05, 3.63) is 89.5 Å². The summed E-state index contributed by atoms with van der Waals surface area (Å²) in [7, 11) is 0. The zero-order valence-corrected chi connectivity index (χ0v) is 21.7. The highest BCUT2D eigenvalue weighted by atomic mass is 19.4. The first-order valence-corrected chi connectivity index (χ1v) is 13.4. The Labute approximate surface area is 229 Å². The van der Waals surface area contributed by atoms with E-state index in [0.717, 1.165) is 17.4 Å². The van der Waals surface area contributed by atoms with Crippen molar-refractivity contribution in [1.82, 2.24) is 4.90 Å². The number of para-hydroxylation sites is 1. The van der Waals surface area contributed by atoms with Gasteiger partial charge in [0.15, 0.2) is 0 Å². The number of fused-ring (bicyclic) bond motifs is 3. The Morgan fingerprint density at radius 3 is 2.17 bits per heavy atom. The number of rotatable bonds is 3. The summed E-state index contributed by atoms with van der Waals surface area (Å²) >= 11 is 0. The van der Waals surface area contributed by atoms with Crippen molar-refractivity contribution >= 4 is 23.0 Å². The number of nitrogens with zero attached hydrogens (tertiary/aromatic N) is 4. The van der Waals surface area contributed by atoms with Crippen molar-refractivity contribution in [3.63, 3.8) is 0 Å². The Morgan fingerprint density at radius 1 is 0.775 bits per heavy atom. The number of alkyl halides is 3. The molecule has 2 unspecified atom stereocenters. The van der Waals surface area contributed by atoms with E-state index in [1.54, 1.807) is 35.2 Å². The van der Waals surface area contributed by atoms with Gasteiger partial charge in [0, 0.05) is 57.2 Å². The molecule has 0 bridgehead atoms. The van der Waals surface area contributed by atoms with Crippen LogP contribution in [0, 0.1) is 17.6 Å². The van der Waals surface area contributed by atoms with Crippen LogP contribution in [0.15, 0.2) is 66.7 Å². The van der Waals surface area contributed by atoms with E-state index in [-0.39, 0.29) is 30.0 Å². The van der Waals surface area contributed by atoms with Gasteiger partial charge in [-0.1, -0.05) is 12.1 Å². The van der Waals surface area contributed by atoms with Crippen LogP contribution in [0.2, 0.25) is 0 Å². The maximum absolute atomic E-state index is 14.3. The molecular formula is C30H29F5N4O. The molecule has 1 amide bonds. The van der Waals surface area contributed by atoms with Crippen LogP contribution in [0.3, 0.4) is 0 Å². The third kappa shape index (κ3) is 4.95. The number of benzene rings is 3. The summed E-state index contributed by atoms with van der Waals surface area (Å²) in [6.45, 7) is 3.31. The fourth-order valence-corrected chi connectivity index (χ4v) is 6.28. The minimum Gasteiger partial charge on any atom is -0.368 e. The summed E-state index contributed by atoms with van der Waals surface area (Å²) < 4.78 is 68.6. The molecular weight excluding hydrogens is 527 g/mol. The lowest BCUT2D eigenvalue weighted by atomic mass is 9.82. The highest BCUT2D eigenvalue weighted by Gasteiger charge is 2.44. The number of halogens is 5. The number of amides is 1. The fourth-order valence-electron chi connectivity index (χ4n) is 6.28. The van der Waals surface area contributed by atoms with Gasteiger partial charge in [-0.25, -0.2) is 8.78 Å². The van der Waals surface area contributed by atoms with Crippen LogP contribution < -0.4 is 14.7 Å². The van der Waals surface area contributed by atoms with Crippen LogP contribution in [-0.4, -0.2) is 62.7 Å². The molecule has 3 heterocycles. The number of hydrogen-bond acceptors (Lipinski definition) is 4. The van der Waals surface area contributed by atoms with Crippen LogP contribution in [0.25, 0.3) is 0 Å². The first kappa shape index (κ1) is 26.4. The first-order valence-electron chi connectivity index (χ1n) is 13.4. The third-order valence-corrected chi connectivity index (χ3v) is 8.33. The predicted octanol–water partition coefficient (Wildman–Crippen LogP) is 5.20. The van der Waals surface area contributed by atoms with Crippen LogP contribution >= 0.6 is 0 Å². The molecule has 0 aromatic heterocycles. The average molecular weight is 557 g/mol. The smallest absolute Gasteiger partial charge is 0.368 e. The van der Waals surface area contributed by atoms with Crippen LogP contribution in [0.1, 0.15) is 11.1 Å². The minimum atomic E-state index is -4.48. The topological polar surface area (TPSA) is 30.0 Å². The van der Waals surface area contributed by atoms with E-state index in [1.807, 2.05) is 4.90 Å². The van der Waals surface area contributed by atoms with Gasteiger partial charge in [0.2, 0.25) is 5.91 Å². The molecule has 0 spiro atoms. The van der Waals surface area contributed by atoms with Gasteiger partial charge in [0.1, 0.15) is 11.6 Å². The number of carbonyl (C=O) groups is 1. The zero-order chi connectivity index (χ0) is 28.0. The van der Waals surface area contributed by atoms with E-state index in [1.165, 1.54) is 30.3 Å². The monoisotopic (exact) mass is 556 g/mol. The lowest BCUT2D eigenvalue weighted by Crippen LogP contribution is -2.62. The predicted molar refractivity (Wildman–Crippen MR) is 144 cm³/mol. The summed E-state index contributed by atoms with van der Waals surface area (Å²) in [5.74, 6) is -1.31. The Kier molecular flexibility index (Phi) is 6.80. The van der Waals surface area contributed by atoms with Crippen molar-refractivity contribution in [1.29, 1.82) is 0 Å². The molecule has 6 rings (SSSR count). The van der Waals surface area contributed by atoms with Gasteiger partial charge in [-0.3, -0.25) is 4.79 Å². The van der Waals surface area contributed by atoms with E-state index >= 15 is 0 Å². The second-order valence-corrected chi connectivity index (χ2v) is 10.6. The van der Waals surface area contributed by atoms with Gasteiger partial charge in [0.25, 0.3) is 0 Å². The van der Waals surface area contributed by atoms with Crippen molar-refractivity contribution in [3.8, 4) is 0 Å². The molecule has 3 aromatic rings. The van der Waals surface area contributed by atoms with Gasteiger partial charge < -0.3 is 19.6 Å². The molecule has 10 heteroatoms. The van der Waals surface area contributed by atoms with E-state index in [0.29, 0.717) is 57.1 Å². The van der Waals surface area contributed by atoms with Crippen LogP contribution in [0.5, 0.6) is 0 Å². The van der Waals surface area contributed by atoms with Gasteiger partial charge >= 0.3 is 6.18 Å². The molecule has 2 saturated heterocycles. The molecule has 210 valence electrons. The van der Waals surface area contributed by atoms with E-state index in [4.69, 9.17) is 0 Å². The van der Waals surface area contributed by atoms with E-state index < -0.39 is 17.7 Å². The summed E-state index contributed by atoms with van der Waals surface area (Å²) in [5.41, 5.74) is 1.85. The normalized spacial score (nSPS) is 21.2. The lowest BCUT2D eigenvalue weighted by Gasteiger charge is -2.51. The zero-order valence-electron chi connectivity index (χ0n) is 21.7. The van der Waals surface area contributed by atoms with Gasteiger partial charge in [-0.15, -0.1) is 0 Å². The maximum Gasteiger partial charge on any atom is 0.416 e. The molecule has 0 radical (unpaired) electrons. The summed E-state index contributed by atoms with van der Waals surface area (Å²) in [6.07, 6.45) is -4.28. The Morgan fingerprint density at radius 2 is 1.48 bits per heavy atom. The van der Waals surface area contributed by atoms with E-state index in [2.05, 4.69) is 9.80 Å². The molecule has 3 aromatic carbocycles. The Balaban J connectivity index is 1.27. The standard InChI is InChI=1S/C30H29F5N4O/c31-22-6-8-23(9-7-22)38-15-16-39-26-10-5-21(30(33,34)35)17-20(26)18-24(28(39)19-38)29(40)37-13-11-36(12-14-37)27-4-2-1-3-25(27)32/h1-10,17,24,28H,11-16,18-19H2. The van der Waals surface area contributed by atoms with Crippen molar-refractivity contribution in [2.45, 2.75) is 18.6 Å². The molecule has 2 atom stereocenters. The molecule has 0 N–H and O–H groups in total. The molecule has 40 heavy (non-hydrogen) atoms. The highest BCUT2D eigenvalue weighted by molar-refractivity contribution is 5.83. The largest absolute Gasteiger partial charge is 0.416 e. The van der Waals surface area contributed by atoms with Crippen LogP contribution in [0.4, 0.5) is 39.0 Å². The van der Waals surface area contributed by atoms with E-state index in [9.17, 15) is 26.7 Å². The number of piperazine rings is 2. The Bertz CT molecular complexity index is 1390. The minimum absolute atomic E-state index is 0.104. The first-order chi connectivity index (χ1) is 19.2. The van der Waals surface area contributed by atoms with Crippen LogP contribution in [-0.2, 0) is 17.4 Å². The highest BCUT2D eigenvalue weighted by Crippen LogP contribution is 2.41. The quantitative estimate of drug-likeness (QED) is 0.415. The average Bonchev–Trinajstić information content (AvgIpc) is 2.96. The summed E-state index contributed by atoms with van der Waals surface area (Å²) in [4.78, 5) is 21.9. The summed E-state index contributed by atoms with van der Waals surface area (Å²) in [6, 6.07) is 16.3. The number of anilines is 3. The van der Waals surface area contributed by atoms with Gasteiger partial charge in [0.05, 0.1) is 23.2 Å². The Hall–Kier alpha value is -3.82. The molecule has 5 nitrogen and oxygen atoms in total. The lowest BCUT2D eigenvalue weighted by molar-refractivity contribution is -0.137. The van der Waals surface area contributed by atoms with Crippen molar-refractivity contribution < 1.29 is 26.7 Å². The van der Waals surface area contributed by atoms with Gasteiger partial charge in [-0.05, 0) is 66.6 Å². The summed E-state index contributed by atoms with van der Waals surface area (Å²) in [5, 5.41) is 0. The SMILES string of the molecule is O=C(C1Cc2cc(C(F)(F)F)ccc2N2CCN(c3ccc(F)cc3)CC12)N1CCN(c2ccccc2F)CC1. The molecule has 3 aliphatic heterocycles. The van der Waals surface area contributed by atoms with Gasteiger partial charge in [-0.2, -0.15) is 13.2 Å². The second-order valence-electron chi connectivity index (χ2n) is 10.6. The maximum atomic E-state index is 14.3. The molecule has 0 saturated carbocycles. The fraction of sp³-hybridized carbons (Fsp3) is 0.367. The van der Waals surface area contributed by atoms with Crippen molar-refractivity contribution in [2.24, 2.45) is 5.92 Å². The molecule has 0 aliphatic carbocycles. The number of hydrogen-bond donors (Lipinski definition) is 0.